The van der Waals surface area contributed by atoms with Crippen LogP contribution in [0.2, 0.25) is 20.5 Å². The van der Waals surface area contributed by atoms with Crippen LogP contribution in [-0.2, 0) is 7.05 Å². The van der Waals surface area contributed by atoms with Crippen LogP contribution in [-0.4, -0.2) is 19.7 Å². The molecule has 1 atom stereocenters. The quantitative estimate of drug-likeness (QED) is 0.586. The minimum atomic E-state index is -0.167. The van der Waals surface area contributed by atoms with Crippen molar-refractivity contribution < 1.29 is 0 Å². The molecule has 2 heterocycles. The molecule has 0 spiro atoms. The van der Waals surface area contributed by atoms with Crippen LogP contribution in [0.25, 0.3) is 10.9 Å². The fraction of sp³-hybridized carbons (Fsp3) is 0.267. The lowest BCUT2D eigenvalue weighted by molar-refractivity contribution is 0.780. The summed E-state index contributed by atoms with van der Waals surface area (Å²) in [4.78, 5) is 8.57. The van der Waals surface area contributed by atoms with E-state index in [0.717, 1.165) is 16.5 Å². The zero-order chi connectivity index (χ0) is 16.9. The van der Waals surface area contributed by atoms with Crippen molar-refractivity contribution in [3.8, 4) is 0 Å². The third-order valence-corrected chi connectivity index (χ3v) is 5.25. The van der Waals surface area contributed by atoms with Gasteiger partial charge in [-0.1, -0.05) is 59.4 Å². The topological polar surface area (TPSA) is 43.6 Å². The molecule has 1 aromatic carbocycles. The Bertz CT molecular complexity index is 920. The molecule has 0 saturated carbocycles. The molecule has 2 aromatic heterocycles. The monoisotopic (exact) mass is 388 g/mol. The molecule has 0 N–H and O–H groups in total. The van der Waals surface area contributed by atoms with Crippen LogP contribution in [0.5, 0.6) is 0 Å². The molecule has 3 rings (SSSR count). The van der Waals surface area contributed by atoms with E-state index in [2.05, 4.69) is 15.1 Å². The van der Waals surface area contributed by atoms with Crippen LogP contribution in [0.15, 0.2) is 12.1 Å². The lowest BCUT2D eigenvalue weighted by Gasteiger charge is -2.15. The minimum Gasteiger partial charge on any atom is -0.256 e. The largest absolute Gasteiger partial charge is 0.256 e. The van der Waals surface area contributed by atoms with Crippen molar-refractivity contribution >= 4 is 57.3 Å². The van der Waals surface area contributed by atoms with Gasteiger partial charge in [-0.2, -0.15) is 5.10 Å². The summed E-state index contributed by atoms with van der Waals surface area (Å²) >= 11 is 25.0. The van der Waals surface area contributed by atoms with Crippen molar-refractivity contribution in [1.29, 1.82) is 0 Å². The van der Waals surface area contributed by atoms with E-state index in [4.69, 9.17) is 46.4 Å². The molecule has 0 aliphatic heterocycles. The van der Waals surface area contributed by atoms with Gasteiger partial charge in [-0.05, 0) is 18.6 Å². The Morgan fingerprint density at radius 3 is 2.43 bits per heavy atom. The molecular weight excluding hydrogens is 378 g/mol. The van der Waals surface area contributed by atoms with E-state index in [1.54, 1.807) is 18.7 Å². The van der Waals surface area contributed by atoms with Crippen LogP contribution in [0.4, 0.5) is 0 Å². The number of halogens is 4. The maximum absolute atomic E-state index is 6.57. The number of rotatable bonds is 2. The summed E-state index contributed by atoms with van der Waals surface area (Å²) in [6, 6.07) is 3.78. The fourth-order valence-corrected chi connectivity index (χ4v) is 3.63. The van der Waals surface area contributed by atoms with E-state index in [1.165, 1.54) is 0 Å². The summed E-state index contributed by atoms with van der Waals surface area (Å²) in [7, 11) is 1.77. The Labute approximate surface area is 153 Å². The number of hydrogen-bond donors (Lipinski definition) is 0. The lowest BCUT2D eigenvalue weighted by Crippen LogP contribution is -2.05. The summed E-state index contributed by atoms with van der Waals surface area (Å²) in [5.41, 5.74) is 2.83. The molecule has 0 aliphatic rings. The summed E-state index contributed by atoms with van der Waals surface area (Å²) in [6.45, 7) is 3.74. The van der Waals surface area contributed by atoms with Crippen molar-refractivity contribution in [3.05, 3.63) is 49.6 Å². The second-order valence-corrected chi connectivity index (χ2v) is 6.73. The van der Waals surface area contributed by atoms with E-state index in [0.29, 0.717) is 26.7 Å². The molecule has 4 nitrogen and oxygen atoms in total. The third-order valence-electron chi connectivity index (χ3n) is 3.77. The zero-order valence-electron chi connectivity index (χ0n) is 12.5. The molecule has 0 radical (unpaired) electrons. The highest BCUT2D eigenvalue weighted by molar-refractivity contribution is 6.42. The summed E-state index contributed by atoms with van der Waals surface area (Å²) in [6.07, 6.45) is 0. The minimum absolute atomic E-state index is 0.167. The number of hydrogen-bond acceptors (Lipinski definition) is 3. The molecule has 23 heavy (non-hydrogen) atoms. The van der Waals surface area contributed by atoms with Crippen LogP contribution < -0.4 is 0 Å². The highest BCUT2D eigenvalue weighted by Gasteiger charge is 2.22. The van der Waals surface area contributed by atoms with Crippen molar-refractivity contribution in [2.45, 2.75) is 19.8 Å². The van der Waals surface area contributed by atoms with Crippen LogP contribution in [0.3, 0.4) is 0 Å². The molecule has 8 heteroatoms. The van der Waals surface area contributed by atoms with Crippen LogP contribution in [0, 0.1) is 6.92 Å². The van der Waals surface area contributed by atoms with Gasteiger partial charge in [0.25, 0.3) is 0 Å². The Balaban J connectivity index is 2.18. The number of aryl methyl sites for hydroxylation is 2. The molecule has 0 aliphatic carbocycles. The summed E-state index contributed by atoms with van der Waals surface area (Å²) in [5.74, 6) is -0.167. The van der Waals surface area contributed by atoms with Crippen molar-refractivity contribution in [2.24, 2.45) is 7.05 Å². The Hall–Kier alpha value is -1.07. The van der Waals surface area contributed by atoms with Gasteiger partial charge in [0.15, 0.2) is 10.3 Å². The smallest absolute Gasteiger partial charge is 0.152 e. The van der Waals surface area contributed by atoms with E-state index < -0.39 is 0 Å². The molecular formula is C15H12Cl4N4. The van der Waals surface area contributed by atoms with Gasteiger partial charge in [-0.15, -0.1) is 0 Å². The van der Waals surface area contributed by atoms with E-state index in [1.807, 2.05) is 19.1 Å². The van der Waals surface area contributed by atoms with Gasteiger partial charge < -0.3 is 0 Å². The van der Waals surface area contributed by atoms with Gasteiger partial charge in [0.2, 0.25) is 0 Å². The lowest BCUT2D eigenvalue weighted by atomic mass is 9.96. The predicted molar refractivity (Wildman–Crippen MR) is 95.0 cm³/mol. The van der Waals surface area contributed by atoms with E-state index in [9.17, 15) is 0 Å². The van der Waals surface area contributed by atoms with Gasteiger partial charge >= 0.3 is 0 Å². The molecule has 0 bridgehead atoms. The van der Waals surface area contributed by atoms with Gasteiger partial charge in [0.1, 0.15) is 5.15 Å². The maximum atomic E-state index is 6.57. The SMILES string of the molecule is Cc1nc(C(C)c2ccc3nn(C)c(Cl)c3c2Cl)c(Cl)nc1Cl. The van der Waals surface area contributed by atoms with Crippen LogP contribution >= 0.6 is 46.4 Å². The molecule has 120 valence electrons. The number of benzene rings is 1. The predicted octanol–water partition coefficient (Wildman–Crippen LogP) is 5.44. The highest BCUT2D eigenvalue weighted by Crippen LogP contribution is 2.38. The van der Waals surface area contributed by atoms with Gasteiger partial charge in [-0.3, -0.25) is 9.67 Å². The van der Waals surface area contributed by atoms with Crippen molar-refractivity contribution in [1.82, 2.24) is 19.7 Å². The normalized spacial score (nSPS) is 12.8. The van der Waals surface area contributed by atoms with Gasteiger partial charge in [0, 0.05) is 13.0 Å². The molecule has 0 amide bonds. The Kier molecular flexibility index (Phi) is 4.45. The fourth-order valence-electron chi connectivity index (χ4n) is 2.48. The summed E-state index contributed by atoms with van der Waals surface area (Å²) in [5, 5.41) is 6.63. The first kappa shape index (κ1) is 16.8. The highest BCUT2D eigenvalue weighted by atomic mass is 35.5. The van der Waals surface area contributed by atoms with Crippen molar-refractivity contribution in [2.75, 3.05) is 0 Å². The molecule has 0 fully saturated rings. The second kappa shape index (κ2) is 6.10. The molecule has 0 saturated heterocycles. The number of nitrogens with zero attached hydrogens (tertiary/aromatic N) is 4. The third kappa shape index (κ3) is 2.78. The first-order chi connectivity index (χ1) is 10.8. The first-order valence-electron chi connectivity index (χ1n) is 6.81. The van der Waals surface area contributed by atoms with Crippen LogP contribution in [0.1, 0.15) is 29.8 Å². The molecule has 1 unspecified atom stereocenters. The standard InChI is InChI=1S/C15H12Cl4N4/c1-6(12-14(18)21-13(17)7(2)20-12)8-4-5-9-10(11(8)16)15(19)23(3)22-9/h4-6H,1-3H3. The Morgan fingerprint density at radius 1 is 1.04 bits per heavy atom. The zero-order valence-corrected chi connectivity index (χ0v) is 15.6. The molecule has 3 aromatic rings. The average Bonchev–Trinajstić information content (AvgIpc) is 2.78. The maximum Gasteiger partial charge on any atom is 0.152 e. The van der Waals surface area contributed by atoms with Gasteiger partial charge in [0.05, 0.1) is 27.3 Å². The average molecular weight is 390 g/mol. The Morgan fingerprint density at radius 2 is 1.74 bits per heavy atom. The van der Waals surface area contributed by atoms with E-state index >= 15 is 0 Å². The summed E-state index contributed by atoms with van der Waals surface area (Å²) < 4.78 is 1.59. The van der Waals surface area contributed by atoms with Gasteiger partial charge in [-0.25, -0.2) is 4.98 Å². The van der Waals surface area contributed by atoms with Crippen molar-refractivity contribution in [3.63, 3.8) is 0 Å². The number of fused-ring (bicyclic) bond motifs is 1. The number of aromatic nitrogens is 4. The van der Waals surface area contributed by atoms with E-state index in [-0.39, 0.29) is 11.1 Å². The second-order valence-electron chi connectivity index (χ2n) is 5.27. The first-order valence-corrected chi connectivity index (χ1v) is 8.32.